The Labute approximate surface area is 109 Å². The van der Waals surface area contributed by atoms with E-state index in [1.54, 1.807) is 0 Å². The predicted molar refractivity (Wildman–Crippen MR) is 73.6 cm³/mol. The monoisotopic (exact) mass is 330 g/mol. The molecule has 16 heavy (non-hydrogen) atoms. The molecule has 86 valence electrons. The van der Waals surface area contributed by atoms with Gasteiger partial charge in [0.1, 0.15) is 0 Å². The fourth-order valence-corrected chi connectivity index (χ4v) is 2.09. The number of benzene rings is 1. The molecule has 0 saturated heterocycles. The largest absolute Gasteiger partial charge is 0.380 e. The van der Waals surface area contributed by atoms with Gasteiger partial charge >= 0.3 is 0 Å². The van der Waals surface area contributed by atoms with E-state index in [2.05, 4.69) is 52.8 Å². The maximum absolute atomic E-state index is 5.47. The molecule has 0 spiro atoms. The molecule has 1 heterocycles. The van der Waals surface area contributed by atoms with E-state index in [9.17, 15) is 0 Å². The Bertz CT molecular complexity index is 467. The fourth-order valence-electron chi connectivity index (χ4n) is 1.62. The summed E-state index contributed by atoms with van der Waals surface area (Å²) in [5.41, 5.74) is 1.19. The van der Waals surface area contributed by atoms with E-state index in [1.807, 2.05) is 10.9 Å². The van der Waals surface area contributed by atoms with Crippen LogP contribution in [0.3, 0.4) is 0 Å². The van der Waals surface area contributed by atoms with Crippen LogP contribution in [0.1, 0.15) is 13.3 Å². The van der Waals surface area contributed by atoms with Crippen molar-refractivity contribution in [1.29, 1.82) is 0 Å². The zero-order chi connectivity index (χ0) is 11.4. The van der Waals surface area contributed by atoms with Gasteiger partial charge in [-0.2, -0.15) is 5.10 Å². The maximum atomic E-state index is 5.47. The Balaban J connectivity index is 2.09. The van der Waals surface area contributed by atoms with Gasteiger partial charge in [0, 0.05) is 15.6 Å². The lowest BCUT2D eigenvalue weighted by atomic mass is 10.3. The predicted octanol–water partition coefficient (Wildman–Crippen LogP) is 3.07. The molecule has 0 atom stereocenters. The SMILES string of the molecule is CCCOCCn1ncc2ccc(I)cc21. The number of hydrogen-bond acceptors (Lipinski definition) is 2. The molecule has 1 aromatic heterocycles. The molecular formula is C12H15IN2O. The smallest absolute Gasteiger partial charge is 0.0693 e. The molecule has 1 aromatic carbocycles. The van der Waals surface area contributed by atoms with Crippen molar-refractivity contribution in [2.45, 2.75) is 19.9 Å². The van der Waals surface area contributed by atoms with Crippen LogP contribution in [0.25, 0.3) is 10.9 Å². The first-order valence-electron chi connectivity index (χ1n) is 5.50. The summed E-state index contributed by atoms with van der Waals surface area (Å²) in [6, 6.07) is 6.36. The number of fused-ring (bicyclic) bond motifs is 1. The second-order valence-corrected chi connectivity index (χ2v) is 4.93. The third-order valence-corrected chi connectivity index (χ3v) is 3.07. The zero-order valence-corrected chi connectivity index (χ0v) is 11.5. The van der Waals surface area contributed by atoms with Crippen LogP contribution < -0.4 is 0 Å². The van der Waals surface area contributed by atoms with Crippen molar-refractivity contribution in [3.8, 4) is 0 Å². The van der Waals surface area contributed by atoms with Crippen LogP contribution in [0.15, 0.2) is 24.4 Å². The Hall–Kier alpha value is -0.620. The Morgan fingerprint density at radius 3 is 3.06 bits per heavy atom. The van der Waals surface area contributed by atoms with Crippen LogP contribution in [-0.4, -0.2) is 23.0 Å². The van der Waals surface area contributed by atoms with Crippen molar-refractivity contribution in [1.82, 2.24) is 9.78 Å². The lowest BCUT2D eigenvalue weighted by Crippen LogP contribution is -2.07. The Morgan fingerprint density at radius 1 is 1.38 bits per heavy atom. The average molecular weight is 330 g/mol. The first kappa shape index (κ1) is 11.9. The summed E-state index contributed by atoms with van der Waals surface area (Å²) in [6.07, 6.45) is 2.98. The van der Waals surface area contributed by atoms with Crippen molar-refractivity contribution >= 4 is 33.5 Å². The van der Waals surface area contributed by atoms with E-state index < -0.39 is 0 Å². The van der Waals surface area contributed by atoms with Gasteiger partial charge in [0.25, 0.3) is 0 Å². The third-order valence-electron chi connectivity index (χ3n) is 2.40. The summed E-state index contributed by atoms with van der Waals surface area (Å²) < 4.78 is 8.72. The number of hydrogen-bond donors (Lipinski definition) is 0. The Kier molecular flexibility index (Phi) is 4.17. The summed E-state index contributed by atoms with van der Waals surface area (Å²) in [5, 5.41) is 5.56. The van der Waals surface area contributed by atoms with Gasteiger partial charge in [0.2, 0.25) is 0 Å². The number of aromatic nitrogens is 2. The van der Waals surface area contributed by atoms with Gasteiger partial charge in [-0.15, -0.1) is 0 Å². The molecule has 4 heteroatoms. The van der Waals surface area contributed by atoms with Crippen LogP contribution in [0.4, 0.5) is 0 Å². The van der Waals surface area contributed by atoms with Gasteiger partial charge in [-0.1, -0.05) is 13.0 Å². The molecule has 2 rings (SSSR count). The number of rotatable bonds is 5. The first-order chi connectivity index (χ1) is 7.81. The fraction of sp³-hybridized carbons (Fsp3) is 0.417. The van der Waals surface area contributed by atoms with Crippen molar-refractivity contribution in [3.05, 3.63) is 28.0 Å². The zero-order valence-electron chi connectivity index (χ0n) is 9.32. The average Bonchev–Trinajstić information content (AvgIpc) is 2.67. The molecule has 2 aromatic rings. The molecule has 0 radical (unpaired) electrons. The number of ether oxygens (including phenoxy) is 1. The van der Waals surface area contributed by atoms with Crippen molar-refractivity contribution in [2.24, 2.45) is 0 Å². The highest BCUT2D eigenvalue weighted by Crippen LogP contribution is 2.16. The molecule has 0 N–H and O–H groups in total. The lowest BCUT2D eigenvalue weighted by molar-refractivity contribution is 0.125. The summed E-state index contributed by atoms with van der Waals surface area (Å²) in [4.78, 5) is 0. The van der Waals surface area contributed by atoms with E-state index in [4.69, 9.17) is 4.74 Å². The van der Waals surface area contributed by atoms with Gasteiger partial charge in [-0.05, 0) is 41.1 Å². The lowest BCUT2D eigenvalue weighted by Gasteiger charge is -2.04. The third kappa shape index (κ3) is 2.74. The van der Waals surface area contributed by atoms with Gasteiger partial charge in [-0.25, -0.2) is 0 Å². The first-order valence-corrected chi connectivity index (χ1v) is 6.58. The summed E-state index contributed by atoms with van der Waals surface area (Å²) in [7, 11) is 0. The van der Waals surface area contributed by atoms with Crippen molar-refractivity contribution in [3.63, 3.8) is 0 Å². The van der Waals surface area contributed by atoms with E-state index in [-0.39, 0.29) is 0 Å². The molecule has 0 aliphatic rings. The molecule has 3 nitrogen and oxygen atoms in total. The van der Waals surface area contributed by atoms with Gasteiger partial charge < -0.3 is 4.74 Å². The minimum Gasteiger partial charge on any atom is -0.380 e. The van der Waals surface area contributed by atoms with Crippen LogP contribution >= 0.6 is 22.6 Å². The van der Waals surface area contributed by atoms with E-state index in [1.165, 1.54) is 14.5 Å². The summed E-state index contributed by atoms with van der Waals surface area (Å²) >= 11 is 2.32. The maximum Gasteiger partial charge on any atom is 0.0693 e. The van der Waals surface area contributed by atoms with E-state index in [0.717, 1.165) is 26.2 Å². The van der Waals surface area contributed by atoms with Gasteiger partial charge in [0.15, 0.2) is 0 Å². The second kappa shape index (κ2) is 5.63. The van der Waals surface area contributed by atoms with E-state index >= 15 is 0 Å². The molecule has 0 aliphatic carbocycles. The van der Waals surface area contributed by atoms with Crippen LogP contribution in [0.2, 0.25) is 0 Å². The highest BCUT2D eigenvalue weighted by molar-refractivity contribution is 14.1. The molecule has 0 aliphatic heterocycles. The highest BCUT2D eigenvalue weighted by Gasteiger charge is 2.02. The molecule has 0 unspecified atom stereocenters. The van der Waals surface area contributed by atoms with Crippen molar-refractivity contribution < 1.29 is 4.74 Å². The van der Waals surface area contributed by atoms with Crippen molar-refractivity contribution in [2.75, 3.05) is 13.2 Å². The summed E-state index contributed by atoms with van der Waals surface area (Å²) in [6.45, 7) is 4.50. The van der Waals surface area contributed by atoms with E-state index in [0.29, 0.717) is 0 Å². The number of halogens is 1. The molecule has 0 amide bonds. The molecular weight excluding hydrogens is 315 g/mol. The molecule has 0 saturated carbocycles. The van der Waals surface area contributed by atoms with Crippen LogP contribution in [-0.2, 0) is 11.3 Å². The molecule has 0 fully saturated rings. The molecule has 0 bridgehead atoms. The van der Waals surface area contributed by atoms with Crippen LogP contribution in [0.5, 0.6) is 0 Å². The minimum absolute atomic E-state index is 0.732. The topological polar surface area (TPSA) is 27.1 Å². The van der Waals surface area contributed by atoms with Gasteiger partial charge in [-0.3, -0.25) is 4.68 Å². The standard InChI is InChI=1S/C12H15IN2O/c1-2-6-16-7-5-15-12-8-11(13)4-3-10(12)9-14-15/h3-4,8-9H,2,5-7H2,1H3. The second-order valence-electron chi connectivity index (χ2n) is 3.68. The highest BCUT2D eigenvalue weighted by atomic mass is 127. The number of nitrogens with zero attached hydrogens (tertiary/aromatic N) is 2. The van der Waals surface area contributed by atoms with Crippen LogP contribution in [0, 0.1) is 3.57 Å². The quantitative estimate of drug-likeness (QED) is 0.622. The summed E-state index contributed by atoms with van der Waals surface area (Å²) in [5.74, 6) is 0. The Morgan fingerprint density at radius 2 is 2.25 bits per heavy atom. The van der Waals surface area contributed by atoms with Gasteiger partial charge in [0.05, 0.1) is 24.9 Å². The normalized spacial score (nSPS) is 11.1. The minimum atomic E-state index is 0.732.